The van der Waals surface area contributed by atoms with E-state index in [1.54, 1.807) is 0 Å². The Morgan fingerprint density at radius 1 is 0.476 bits per heavy atom. The summed E-state index contributed by atoms with van der Waals surface area (Å²) < 4.78 is 0. The molecule has 0 saturated heterocycles. The van der Waals surface area contributed by atoms with Gasteiger partial charge in [-0.3, -0.25) is 4.98 Å². The van der Waals surface area contributed by atoms with E-state index in [2.05, 4.69) is 106 Å². The summed E-state index contributed by atoms with van der Waals surface area (Å²) in [6, 6.07) is 41.8. The van der Waals surface area contributed by atoms with Crippen molar-refractivity contribution in [2.45, 2.75) is 26.7 Å². The van der Waals surface area contributed by atoms with Crippen molar-refractivity contribution in [3.63, 3.8) is 0 Å². The van der Waals surface area contributed by atoms with Gasteiger partial charge in [-0.2, -0.15) is 0 Å². The molecule has 0 radical (unpaired) electrons. The molecular formula is C38H30N4. The van der Waals surface area contributed by atoms with Crippen molar-refractivity contribution in [1.82, 2.24) is 19.9 Å². The molecule has 0 bridgehead atoms. The zero-order valence-corrected chi connectivity index (χ0v) is 23.9. The van der Waals surface area contributed by atoms with E-state index < -0.39 is 0 Å². The largest absolute Gasteiger partial charge is 0.250 e. The fourth-order valence-corrected chi connectivity index (χ4v) is 5.41. The smallest absolute Gasteiger partial charge is 0.160 e. The maximum absolute atomic E-state index is 5.19. The Hall–Kier alpha value is -5.22. The second-order valence-electron chi connectivity index (χ2n) is 11.0. The fraction of sp³-hybridized carbons (Fsp3) is 0.105. The van der Waals surface area contributed by atoms with Gasteiger partial charge in [0.25, 0.3) is 0 Å². The number of aryl methyl sites for hydroxylation is 1. The van der Waals surface area contributed by atoms with Crippen LogP contribution >= 0.6 is 0 Å². The second kappa shape index (κ2) is 10.6. The highest BCUT2D eigenvalue weighted by atomic mass is 14.9. The van der Waals surface area contributed by atoms with Gasteiger partial charge in [0.1, 0.15) is 0 Å². The zero-order valence-electron chi connectivity index (χ0n) is 23.9. The Morgan fingerprint density at radius 3 is 1.81 bits per heavy atom. The van der Waals surface area contributed by atoms with Gasteiger partial charge in [-0.05, 0) is 47.7 Å². The first kappa shape index (κ1) is 25.7. The molecule has 0 atom stereocenters. The molecule has 0 unspecified atom stereocenters. The predicted molar refractivity (Wildman–Crippen MR) is 173 cm³/mol. The van der Waals surface area contributed by atoms with E-state index in [0.29, 0.717) is 11.7 Å². The van der Waals surface area contributed by atoms with Gasteiger partial charge in [0.2, 0.25) is 0 Å². The summed E-state index contributed by atoms with van der Waals surface area (Å²) >= 11 is 0. The van der Waals surface area contributed by atoms with Crippen LogP contribution in [0.15, 0.2) is 121 Å². The minimum atomic E-state index is 0.331. The minimum absolute atomic E-state index is 0.331. The number of rotatable bonds is 5. The standard InChI is InChI=1S/C38H30N4/c1-24(2)33-22-25(3)31-20-18-29-19-21-32(39-36(29)37(31)40-33)35-23-34(28-12-8-5-9-13-28)41-38(42-35)30-16-14-27(15-17-30)26-10-6-4-7-11-26/h4-24H,1-3H3. The summed E-state index contributed by atoms with van der Waals surface area (Å²) in [5, 5.41) is 2.19. The van der Waals surface area contributed by atoms with Crippen LogP contribution in [0.2, 0.25) is 0 Å². The van der Waals surface area contributed by atoms with Crippen LogP contribution in [-0.4, -0.2) is 19.9 Å². The third-order valence-corrected chi connectivity index (χ3v) is 7.77. The van der Waals surface area contributed by atoms with E-state index in [9.17, 15) is 0 Å². The number of aromatic nitrogens is 4. The molecule has 0 aliphatic rings. The Balaban J connectivity index is 1.40. The van der Waals surface area contributed by atoms with Crippen LogP contribution in [0.1, 0.15) is 31.0 Å². The molecule has 0 aliphatic carbocycles. The first-order valence-electron chi connectivity index (χ1n) is 14.4. The molecule has 0 N–H and O–H groups in total. The fourth-order valence-electron chi connectivity index (χ4n) is 5.41. The molecule has 4 heteroatoms. The van der Waals surface area contributed by atoms with Crippen LogP contribution in [0, 0.1) is 6.92 Å². The lowest BCUT2D eigenvalue weighted by atomic mass is 10.0. The van der Waals surface area contributed by atoms with Crippen LogP contribution in [0.25, 0.3) is 67.0 Å². The SMILES string of the molecule is Cc1cc(C(C)C)nc2c1ccc1ccc(-c3cc(-c4ccccc4)nc(-c4ccc(-c5ccccc5)cc4)n3)nc12. The Kier molecular flexibility index (Phi) is 6.52. The van der Waals surface area contributed by atoms with E-state index in [-0.39, 0.29) is 0 Å². The van der Waals surface area contributed by atoms with E-state index >= 15 is 0 Å². The number of fused-ring (bicyclic) bond motifs is 3. The molecule has 3 aromatic heterocycles. The Morgan fingerprint density at radius 2 is 1.10 bits per heavy atom. The lowest BCUT2D eigenvalue weighted by Gasteiger charge is -2.12. The van der Waals surface area contributed by atoms with E-state index in [1.165, 1.54) is 11.1 Å². The summed E-state index contributed by atoms with van der Waals surface area (Å²) in [6.45, 7) is 6.51. The highest BCUT2D eigenvalue weighted by Gasteiger charge is 2.15. The molecule has 0 aliphatic heterocycles. The Bertz CT molecular complexity index is 2050. The highest BCUT2D eigenvalue weighted by molar-refractivity contribution is 6.04. The molecule has 0 saturated carbocycles. The van der Waals surface area contributed by atoms with Gasteiger partial charge in [0, 0.05) is 27.6 Å². The van der Waals surface area contributed by atoms with Crippen LogP contribution in [-0.2, 0) is 0 Å². The lowest BCUT2D eigenvalue weighted by molar-refractivity contribution is 0.828. The first-order valence-corrected chi connectivity index (χ1v) is 14.4. The topological polar surface area (TPSA) is 51.6 Å². The van der Waals surface area contributed by atoms with Gasteiger partial charge >= 0.3 is 0 Å². The quantitative estimate of drug-likeness (QED) is 0.203. The number of hydrogen-bond acceptors (Lipinski definition) is 4. The maximum atomic E-state index is 5.19. The molecule has 0 fully saturated rings. The average molecular weight is 543 g/mol. The van der Waals surface area contributed by atoms with Crippen molar-refractivity contribution in [2.75, 3.05) is 0 Å². The molecule has 4 nitrogen and oxygen atoms in total. The van der Waals surface area contributed by atoms with Gasteiger partial charge in [0.15, 0.2) is 5.82 Å². The second-order valence-corrected chi connectivity index (χ2v) is 11.0. The number of hydrogen-bond donors (Lipinski definition) is 0. The summed E-state index contributed by atoms with van der Waals surface area (Å²) in [4.78, 5) is 20.3. The molecule has 3 heterocycles. The van der Waals surface area contributed by atoms with Gasteiger partial charge in [0.05, 0.1) is 28.1 Å². The minimum Gasteiger partial charge on any atom is -0.250 e. The molecule has 42 heavy (non-hydrogen) atoms. The van der Waals surface area contributed by atoms with Crippen molar-refractivity contribution >= 4 is 21.8 Å². The van der Waals surface area contributed by atoms with E-state index in [0.717, 1.165) is 61.3 Å². The molecule has 0 amide bonds. The molecule has 202 valence electrons. The average Bonchev–Trinajstić information content (AvgIpc) is 3.05. The first-order chi connectivity index (χ1) is 20.5. The molecule has 4 aromatic carbocycles. The molecular weight excluding hydrogens is 512 g/mol. The van der Waals surface area contributed by atoms with E-state index in [1.807, 2.05) is 36.4 Å². The molecule has 0 spiro atoms. The van der Waals surface area contributed by atoms with Crippen LogP contribution in [0.4, 0.5) is 0 Å². The van der Waals surface area contributed by atoms with Crippen molar-refractivity contribution in [3.8, 4) is 45.2 Å². The van der Waals surface area contributed by atoms with Crippen LogP contribution < -0.4 is 0 Å². The monoisotopic (exact) mass is 542 g/mol. The number of pyridine rings is 2. The van der Waals surface area contributed by atoms with Crippen molar-refractivity contribution in [3.05, 3.63) is 133 Å². The number of benzene rings is 4. The molecule has 7 aromatic rings. The summed E-state index contributed by atoms with van der Waals surface area (Å²) in [7, 11) is 0. The van der Waals surface area contributed by atoms with Gasteiger partial charge in [-0.25, -0.2) is 15.0 Å². The normalized spacial score (nSPS) is 11.4. The number of nitrogens with zero attached hydrogens (tertiary/aromatic N) is 4. The zero-order chi connectivity index (χ0) is 28.6. The third kappa shape index (κ3) is 4.82. The summed E-state index contributed by atoms with van der Waals surface area (Å²) in [6.07, 6.45) is 0. The summed E-state index contributed by atoms with van der Waals surface area (Å²) in [5.74, 6) is 1.000. The maximum Gasteiger partial charge on any atom is 0.160 e. The van der Waals surface area contributed by atoms with Gasteiger partial charge < -0.3 is 0 Å². The van der Waals surface area contributed by atoms with Gasteiger partial charge in [-0.1, -0.05) is 117 Å². The van der Waals surface area contributed by atoms with Gasteiger partial charge in [-0.15, -0.1) is 0 Å². The predicted octanol–water partition coefficient (Wildman–Crippen LogP) is 9.67. The van der Waals surface area contributed by atoms with Crippen LogP contribution in [0.3, 0.4) is 0 Å². The van der Waals surface area contributed by atoms with E-state index in [4.69, 9.17) is 19.9 Å². The summed E-state index contributed by atoms with van der Waals surface area (Å²) in [5.41, 5.74) is 10.9. The Labute approximate surface area is 245 Å². The van der Waals surface area contributed by atoms with Crippen molar-refractivity contribution in [2.24, 2.45) is 0 Å². The van der Waals surface area contributed by atoms with Crippen molar-refractivity contribution < 1.29 is 0 Å². The highest BCUT2D eigenvalue weighted by Crippen LogP contribution is 2.32. The van der Waals surface area contributed by atoms with Crippen molar-refractivity contribution in [1.29, 1.82) is 0 Å². The lowest BCUT2D eigenvalue weighted by Crippen LogP contribution is -1.99. The van der Waals surface area contributed by atoms with Crippen LogP contribution in [0.5, 0.6) is 0 Å². The molecule has 7 rings (SSSR count). The third-order valence-electron chi connectivity index (χ3n) is 7.77.